The molecule has 0 aromatic heterocycles. The molecule has 2 fully saturated rings. The topological polar surface area (TPSA) is 102 Å². The number of urea groups is 1. The number of nitrogens with one attached hydrogen (secondary N) is 1. The Morgan fingerprint density at radius 2 is 1.65 bits per heavy atom. The standard InChI is InChI=1S/C36H48ClF3N6O3/c1-3-43(4-2)23-24-9-14-45(15-10-24)34(48)27(19-25-20-29(36(38,39)40)33(41)30(37)21-25)22-32(47)44-16-12-28(13-17-44)46-18-11-26-7-5-6-8-31(26)42-35(46)49/h5-8,20-21,24,27-28H,3-4,9-19,22-23,41H2,1-2H3,(H,42,49). The van der Waals surface area contributed by atoms with Crippen LogP contribution in [0.2, 0.25) is 5.02 Å². The van der Waals surface area contributed by atoms with E-state index in [1.165, 1.54) is 6.07 Å². The Kier molecular flexibility index (Phi) is 12.0. The minimum atomic E-state index is -4.72. The summed E-state index contributed by atoms with van der Waals surface area (Å²) in [4.78, 5) is 48.6. The highest BCUT2D eigenvalue weighted by Gasteiger charge is 2.37. The average molecular weight is 705 g/mol. The molecular weight excluding hydrogens is 657 g/mol. The monoisotopic (exact) mass is 704 g/mol. The summed E-state index contributed by atoms with van der Waals surface area (Å²) in [5, 5.41) is 2.78. The zero-order valence-electron chi connectivity index (χ0n) is 28.4. The highest BCUT2D eigenvalue weighted by atomic mass is 35.5. The van der Waals surface area contributed by atoms with Gasteiger partial charge in [0.25, 0.3) is 0 Å². The normalized spacial score (nSPS) is 18.7. The van der Waals surface area contributed by atoms with Gasteiger partial charge in [-0.25, -0.2) is 4.79 Å². The molecule has 3 aliphatic heterocycles. The molecule has 5 rings (SSSR count). The highest BCUT2D eigenvalue weighted by Crippen LogP contribution is 2.38. The minimum absolute atomic E-state index is 0.0360. The van der Waals surface area contributed by atoms with Crippen LogP contribution in [0.1, 0.15) is 62.6 Å². The first-order valence-electron chi connectivity index (χ1n) is 17.5. The van der Waals surface area contributed by atoms with E-state index in [1.807, 2.05) is 29.2 Å². The third-order valence-corrected chi connectivity index (χ3v) is 10.8. The summed E-state index contributed by atoms with van der Waals surface area (Å²) in [6.45, 7) is 9.64. The van der Waals surface area contributed by atoms with Crippen LogP contribution in [-0.4, -0.2) is 95.8 Å². The van der Waals surface area contributed by atoms with E-state index >= 15 is 0 Å². The number of nitrogen functional groups attached to an aromatic ring is 1. The molecule has 1 atom stereocenters. The van der Waals surface area contributed by atoms with Crippen molar-refractivity contribution in [2.75, 3.05) is 63.4 Å². The number of likely N-dealkylation sites (tertiary alicyclic amines) is 2. The number of alkyl halides is 3. The van der Waals surface area contributed by atoms with Gasteiger partial charge in [-0.3, -0.25) is 9.59 Å². The second-order valence-corrected chi connectivity index (χ2v) is 13.9. The van der Waals surface area contributed by atoms with E-state index in [9.17, 15) is 27.6 Å². The second-order valence-electron chi connectivity index (χ2n) is 13.5. The lowest BCUT2D eigenvalue weighted by molar-refractivity contribution is -0.143. The summed E-state index contributed by atoms with van der Waals surface area (Å²) in [6, 6.07) is 9.87. The van der Waals surface area contributed by atoms with Crippen LogP contribution in [0.25, 0.3) is 0 Å². The first-order valence-corrected chi connectivity index (χ1v) is 17.8. The van der Waals surface area contributed by atoms with E-state index in [4.69, 9.17) is 17.3 Å². The molecule has 0 saturated carbocycles. The zero-order valence-corrected chi connectivity index (χ0v) is 29.2. The maximum atomic E-state index is 14.0. The average Bonchev–Trinajstić information content (AvgIpc) is 3.25. The van der Waals surface area contributed by atoms with Crippen molar-refractivity contribution in [3.63, 3.8) is 0 Å². The van der Waals surface area contributed by atoms with Gasteiger partial charge in [0.05, 0.1) is 22.2 Å². The number of benzene rings is 2. The number of amides is 4. The van der Waals surface area contributed by atoms with Crippen LogP contribution in [-0.2, 0) is 28.6 Å². The van der Waals surface area contributed by atoms with Crippen LogP contribution in [0, 0.1) is 11.8 Å². The summed E-state index contributed by atoms with van der Waals surface area (Å²) in [5.74, 6) is -0.860. The third kappa shape index (κ3) is 9.00. The molecule has 4 amide bonds. The van der Waals surface area contributed by atoms with Crippen LogP contribution in [0.4, 0.5) is 29.3 Å². The van der Waals surface area contributed by atoms with Crippen molar-refractivity contribution in [3.05, 3.63) is 58.1 Å². The molecule has 2 aromatic rings. The molecule has 0 spiro atoms. The number of nitrogens with zero attached hydrogens (tertiary/aromatic N) is 4. The molecule has 49 heavy (non-hydrogen) atoms. The molecule has 13 heteroatoms. The number of carbonyl (C=O) groups excluding carboxylic acids is 3. The number of piperidine rings is 2. The Bertz CT molecular complexity index is 1490. The Morgan fingerprint density at radius 1 is 1.00 bits per heavy atom. The lowest BCUT2D eigenvalue weighted by Crippen LogP contribution is -2.50. The lowest BCUT2D eigenvalue weighted by Gasteiger charge is -2.39. The quantitative estimate of drug-likeness (QED) is 0.289. The molecule has 3 aliphatic rings. The Balaban J connectivity index is 1.26. The van der Waals surface area contributed by atoms with Crippen LogP contribution in [0.3, 0.4) is 0 Å². The number of para-hydroxylation sites is 1. The zero-order chi connectivity index (χ0) is 35.3. The van der Waals surface area contributed by atoms with Gasteiger partial charge in [0.1, 0.15) is 0 Å². The van der Waals surface area contributed by atoms with E-state index in [0.29, 0.717) is 51.5 Å². The van der Waals surface area contributed by atoms with Gasteiger partial charge in [-0.1, -0.05) is 43.6 Å². The van der Waals surface area contributed by atoms with Gasteiger partial charge >= 0.3 is 12.2 Å². The molecular formula is C36H48ClF3N6O3. The van der Waals surface area contributed by atoms with Crippen LogP contribution in [0.15, 0.2) is 36.4 Å². The fraction of sp³-hybridized carbons (Fsp3) is 0.583. The van der Waals surface area contributed by atoms with Crippen molar-refractivity contribution >= 4 is 40.8 Å². The maximum absolute atomic E-state index is 14.0. The number of nitrogens with two attached hydrogens (primary N) is 1. The van der Waals surface area contributed by atoms with Crippen molar-refractivity contribution in [3.8, 4) is 0 Å². The Hall–Kier alpha value is -3.51. The van der Waals surface area contributed by atoms with Gasteiger partial charge in [-0.15, -0.1) is 0 Å². The molecule has 1 unspecified atom stereocenters. The molecule has 9 nitrogen and oxygen atoms in total. The number of fused-ring (bicyclic) bond motifs is 1. The van der Waals surface area contributed by atoms with Crippen LogP contribution < -0.4 is 11.1 Å². The minimum Gasteiger partial charge on any atom is -0.397 e. The van der Waals surface area contributed by atoms with Crippen molar-refractivity contribution in [1.82, 2.24) is 19.6 Å². The summed E-state index contributed by atoms with van der Waals surface area (Å²) in [6.07, 6.45) is -1.34. The molecule has 0 bridgehead atoms. The summed E-state index contributed by atoms with van der Waals surface area (Å²) in [5.41, 5.74) is 6.18. The van der Waals surface area contributed by atoms with Gasteiger partial charge < -0.3 is 30.7 Å². The van der Waals surface area contributed by atoms with E-state index in [1.54, 1.807) is 9.80 Å². The fourth-order valence-corrected chi connectivity index (χ4v) is 7.75. The smallest absolute Gasteiger partial charge is 0.397 e. The number of halogens is 4. The third-order valence-electron chi connectivity index (χ3n) is 10.5. The number of rotatable bonds is 10. The van der Waals surface area contributed by atoms with Crippen molar-refractivity contribution in [2.24, 2.45) is 11.8 Å². The van der Waals surface area contributed by atoms with Crippen molar-refractivity contribution < 1.29 is 27.6 Å². The van der Waals surface area contributed by atoms with Crippen molar-refractivity contribution in [2.45, 2.75) is 71.0 Å². The predicted octanol–water partition coefficient (Wildman–Crippen LogP) is 6.15. The molecule has 3 N–H and O–H groups in total. The van der Waals surface area contributed by atoms with Gasteiger partial charge in [0.15, 0.2) is 0 Å². The maximum Gasteiger partial charge on any atom is 0.418 e. The van der Waals surface area contributed by atoms with Crippen LogP contribution >= 0.6 is 11.6 Å². The van der Waals surface area contributed by atoms with E-state index < -0.39 is 23.3 Å². The molecule has 268 valence electrons. The Morgan fingerprint density at radius 3 is 2.31 bits per heavy atom. The predicted molar refractivity (Wildman–Crippen MR) is 185 cm³/mol. The molecule has 2 aromatic carbocycles. The van der Waals surface area contributed by atoms with E-state index in [2.05, 4.69) is 24.1 Å². The fourth-order valence-electron chi connectivity index (χ4n) is 7.50. The SMILES string of the molecule is CCN(CC)CC1CCN(C(=O)C(CC(=O)N2CCC(N3CCc4ccccc4NC3=O)CC2)Cc2cc(Cl)c(N)c(C(F)(F)F)c2)CC1. The lowest BCUT2D eigenvalue weighted by atomic mass is 9.90. The number of anilines is 2. The molecule has 0 radical (unpaired) electrons. The first-order chi connectivity index (χ1) is 23.4. The van der Waals surface area contributed by atoms with Crippen LogP contribution in [0.5, 0.6) is 0 Å². The Labute approximate surface area is 291 Å². The van der Waals surface area contributed by atoms with Gasteiger partial charge in [0.2, 0.25) is 11.8 Å². The van der Waals surface area contributed by atoms with Crippen molar-refractivity contribution in [1.29, 1.82) is 0 Å². The highest BCUT2D eigenvalue weighted by molar-refractivity contribution is 6.33. The summed E-state index contributed by atoms with van der Waals surface area (Å²) in [7, 11) is 0. The molecule has 3 heterocycles. The van der Waals surface area contributed by atoms with Gasteiger partial charge in [-0.05, 0) is 86.9 Å². The largest absolute Gasteiger partial charge is 0.418 e. The summed E-state index contributed by atoms with van der Waals surface area (Å²) < 4.78 is 41.4. The van der Waals surface area contributed by atoms with Gasteiger partial charge in [0, 0.05) is 57.4 Å². The number of hydrogen-bond acceptors (Lipinski definition) is 5. The molecule has 2 saturated heterocycles. The molecule has 0 aliphatic carbocycles. The first kappa shape index (κ1) is 36.8. The second kappa shape index (κ2) is 16.0. The van der Waals surface area contributed by atoms with Gasteiger partial charge in [-0.2, -0.15) is 13.2 Å². The number of carbonyl (C=O) groups is 3. The number of hydrogen-bond donors (Lipinski definition) is 2. The summed E-state index contributed by atoms with van der Waals surface area (Å²) >= 11 is 6.14. The van der Waals surface area contributed by atoms with E-state index in [0.717, 1.165) is 56.2 Å². The van der Waals surface area contributed by atoms with E-state index in [-0.39, 0.29) is 47.3 Å².